The number of anilines is 1. The highest BCUT2D eigenvalue weighted by atomic mass is 16.5. The van der Waals surface area contributed by atoms with Crippen LogP contribution in [0.2, 0.25) is 0 Å². The smallest absolute Gasteiger partial charge is 0.338 e. The number of aromatic nitrogens is 1. The molecule has 29 heavy (non-hydrogen) atoms. The maximum Gasteiger partial charge on any atom is 0.338 e. The van der Waals surface area contributed by atoms with Crippen molar-refractivity contribution in [1.82, 2.24) is 5.16 Å². The van der Waals surface area contributed by atoms with Crippen LogP contribution in [0.5, 0.6) is 5.75 Å². The van der Waals surface area contributed by atoms with Crippen LogP contribution >= 0.6 is 0 Å². The third-order valence-corrected chi connectivity index (χ3v) is 4.32. The van der Waals surface area contributed by atoms with Gasteiger partial charge in [0.2, 0.25) is 0 Å². The Morgan fingerprint density at radius 3 is 2.31 bits per heavy atom. The van der Waals surface area contributed by atoms with Crippen molar-refractivity contribution < 1.29 is 23.6 Å². The summed E-state index contributed by atoms with van der Waals surface area (Å²) in [6, 6.07) is 13.9. The normalized spacial score (nSPS) is 10.4. The van der Waals surface area contributed by atoms with E-state index in [1.54, 1.807) is 36.4 Å². The monoisotopic (exact) mass is 394 g/mol. The number of carbonyl (C=O) groups excluding carboxylic acids is 2. The highest BCUT2D eigenvalue weighted by molar-refractivity contribution is 5.95. The molecule has 0 radical (unpaired) electrons. The van der Waals surface area contributed by atoms with Gasteiger partial charge < -0.3 is 19.3 Å². The van der Waals surface area contributed by atoms with Gasteiger partial charge in [-0.1, -0.05) is 22.9 Å². The fraction of sp³-hybridized carbons (Fsp3) is 0.227. The van der Waals surface area contributed by atoms with Crippen LogP contribution in [0.1, 0.15) is 32.9 Å². The van der Waals surface area contributed by atoms with Gasteiger partial charge in [0.15, 0.2) is 6.61 Å². The first kappa shape index (κ1) is 20.1. The molecule has 7 heteroatoms. The molecular weight excluding hydrogens is 372 g/mol. The zero-order valence-corrected chi connectivity index (χ0v) is 16.5. The summed E-state index contributed by atoms with van der Waals surface area (Å²) in [6.45, 7) is 5.59. The molecule has 1 aromatic heterocycles. The predicted octanol–water partition coefficient (Wildman–Crippen LogP) is 3.97. The molecule has 1 heterocycles. The Kier molecular flexibility index (Phi) is 6.29. The maximum atomic E-state index is 12.1. The quantitative estimate of drug-likeness (QED) is 0.610. The SMILES string of the molecule is Cc1ccc(NC(=O)COC(=O)c2ccc(OCc3c(C)noc3C)cc2)cc1. The van der Waals surface area contributed by atoms with Crippen molar-refractivity contribution in [3.05, 3.63) is 76.7 Å². The second-order valence-corrected chi connectivity index (χ2v) is 6.61. The zero-order valence-electron chi connectivity index (χ0n) is 16.5. The molecule has 0 bridgehead atoms. The van der Waals surface area contributed by atoms with Crippen LogP contribution in [0, 0.1) is 20.8 Å². The lowest BCUT2D eigenvalue weighted by Gasteiger charge is -2.08. The molecular formula is C22H22N2O5. The van der Waals surface area contributed by atoms with E-state index in [2.05, 4.69) is 10.5 Å². The molecule has 3 aromatic rings. The van der Waals surface area contributed by atoms with Crippen LogP contribution < -0.4 is 10.1 Å². The van der Waals surface area contributed by atoms with Gasteiger partial charge in [-0.05, 0) is 57.2 Å². The van der Waals surface area contributed by atoms with Crippen molar-refractivity contribution in [2.24, 2.45) is 0 Å². The number of nitrogens with one attached hydrogen (secondary N) is 1. The average Bonchev–Trinajstić information content (AvgIpc) is 3.04. The van der Waals surface area contributed by atoms with Crippen LogP contribution in [0.25, 0.3) is 0 Å². The van der Waals surface area contributed by atoms with Gasteiger partial charge in [-0.25, -0.2) is 4.79 Å². The summed E-state index contributed by atoms with van der Waals surface area (Å²) >= 11 is 0. The molecule has 0 unspecified atom stereocenters. The second-order valence-electron chi connectivity index (χ2n) is 6.61. The first-order chi connectivity index (χ1) is 13.9. The van der Waals surface area contributed by atoms with Crippen molar-refractivity contribution >= 4 is 17.6 Å². The van der Waals surface area contributed by atoms with Gasteiger partial charge in [-0.3, -0.25) is 4.79 Å². The van der Waals surface area contributed by atoms with Crippen molar-refractivity contribution in [1.29, 1.82) is 0 Å². The Balaban J connectivity index is 1.48. The van der Waals surface area contributed by atoms with E-state index in [4.69, 9.17) is 14.0 Å². The van der Waals surface area contributed by atoms with E-state index in [9.17, 15) is 9.59 Å². The van der Waals surface area contributed by atoms with Gasteiger partial charge in [-0.15, -0.1) is 0 Å². The Morgan fingerprint density at radius 1 is 1.00 bits per heavy atom. The van der Waals surface area contributed by atoms with Gasteiger partial charge in [0, 0.05) is 5.69 Å². The summed E-state index contributed by atoms with van der Waals surface area (Å²) < 4.78 is 15.9. The van der Waals surface area contributed by atoms with Crippen molar-refractivity contribution in [3.63, 3.8) is 0 Å². The second kappa shape index (κ2) is 9.05. The van der Waals surface area contributed by atoms with E-state index in [0.717, 1.165) is 16.8 Å². The fourth-order valence-electron chi connectivity index (χ4n) is 2.60. The summed E-state index contributed by atoms with van der Waals surface area (Å²) in [6.07, 6.45) is 0. The van der Waals surface area contributed by atoms with Crippen LogP contribution in [0.4, 0.5) is 5.69 Å². The molecule has 150 valence electrons. The number of hydrogen-bond acceptors (Lipinski definition) is 6. The molecule has 0 saturated carbocycles. The number of hydrogen-bond donors (Lipinski definition) is 1. The summed E-state index contributed by atoms with van der Waals surface area (Å²) in [5, 5.41) is 6.56. The number of benzene rings is 2. The van der Waals surface area contributed by atoms with Crippen LogP contribution in [-0.4, -0.2) is 23.6 Å². The summed E-state index contributed by atoms with van der Waals surface area (Å²) in [7, 11) is 0. The topological polar surface area (TPSA) is 90.7 Å². The van der Waals surface area contributed by atoms with E-state index in [-0.39, 0.29) is 6.61 Å². The minimum Gasteiger partial charge on any atom is -0.489 e. The van der Waals surface area contributed by atoms with Gasteiger partial charge in [0.25, 0.3) is 5.91 Å². The molecule has 1 N–H and O–H groups in total. The van der Waals surface area contributed by atoms with E-state index in [1.165, 1.54) is 0 Å². The summed E-state index contributed by atoms with van der Waals surface area (Å²) in [5.41, 5.74) is 3.75. The lowest BCUT2D eigenvalue weighted by molar-refractivity contribution is -0.119. The first-order valence-corrected chi connectivity index (χ1v) is 9.10. The zero-order chi connectivity index (χ0) is 20.8. The number of esters is 1. The fourth-order valence-corrected chi connectivity index (χ4v) is 2.60. The van der Waals surface area contributed by atoms with E-state index >= 15 is 0 Å². The number of amides is 1. The predicted molar refractivity (Wildman–Crippen MR) is 107 cm³/mol. The number of aryl methyl sites for hydroxylation is 3. The Morgan fingerprint density at radius 2 is 1.69 bits per heavy atom. The molecule has 0 aliphatic rings. The van der Waals surface area contributed by atoms with Crippen molar-refractivity contribution in [2.75, 3.05) is 11.9 Å². The highest BCUT2D eigenvalue weighted by Gasteiger charge is 2.12. The third-order valence-electron chi connectivity index (χ3n) is 4.32. The van der Waals surface area contributed by atoms with Gasteiger partial charge in [-0.2, -0.15) is 0 Å². The summed E-state index contributed by atoms with van der Waals surface area (Å²) in [4.78, 5) is 24.0. The lowest BCUT2D eigenvalue weighted by Crippen LogP contribution is -2.20. The van der Waals surface area contributed by atoms with Gasteiger partial charge in [0.1, 0.15) is 18.1 Å². The minimum atomic E-state index is -0.582. The highest BCUT2D eigenvalue weighted by Crippen LogP contribution is 2.18. The standard InChI is InChI=1S/C22H22N2O5/c1-14-4-8-18(9-5-14)23-21(25)13-28-22(26)17-6-10-19(11-7-17)27-12-20-15(2)24-29-16(20)3/h4-11H,12-13H2,1-3H3,(H,23,25). The van der Waals surface area contributed by atoms with E-state index in [1.807, 2.05) is 32.9 Å². The first-order valence-electron chi connectivity index (χ1n) is 9.10. The summed E-state index contributed by atoms with van der Waals surface area (Å²) in [5.74, 6) is 0.327. The molecule has 0 fully saturated rings. The average molecular weight is 394 g/mol. The molecule has 0 aliphatic carbocycles. The van der Waals surface area contributed by atoms with Crippen LogP contribution in [0.15, 0.2) is 53.1 Å². The van der Waals surface area contributed by atoms with E-state index < -0.39 is 11.9 Å². The Labute approximate surface area is 168 Å². The largest absolute Gasteiger partial charge is 0.489 e. The third kappa shape index (κ3) is 5.44. The lowest BCUT2D eigenvalue weighted by atomic mass is 10.2. The molecule has 0 saturated heterocycles. The molecule has 1 amide bonds. The number of carbonyl (C=O) groups is 2. The van der Waals surface area contributed by atoms with Crippen LogP contribution in [0.3, 0.4) is 0 Å². The Hall–Kier alpha value is -3.61. The molecule has 3 rings (SSSR count). The molecule has 2 aromatic carbocycles. The van der Waals surface area contributed by atoms with Gasteiger partial charge >= 0.3 is 5.97 Å². The van der Waals surface area contributed by atoms with E-state index in [0.29, 0.717) is 29.4 Å². The van der Waals surface area contributed by atoms with Crippen molar-refractivity contribution in [2.45, 2.75) is 27.4 Å². The Bertz CT molecular complexity index is 972. The molecule has 0 atom stereocenters. The van der Waals surface area contributed by atoms with Gasteiger partial charge in [0.05, 0.1) is 16.8 Å². The minimum absolute atomic E-state index is 0.324. The number of ether oxygens (including phenoxy) is 2. The molecule has 7 nitrogen and oxygen atoms in total. The number of rotatable bonds is 7. The number of nitrogens with zero attached hydrogens (tertiary/aromatic N) is 1. The van der Waals surface area contributed by atoms with Crippen LogP contribution in [-0.2, 0) is 16.1 Å². The molecule has 0 aliphatic heterocycles. The van der Waals surface area contributed by atoms with Crippen molar-refractivity contribution in [3.8, 4) is 5.75 Å². The maximum absolute atomic E-state index is 12.1. The molecule has 0 spiro atoms.